The molecule has 4 atom stereocenters. The minimum atomic E-state index is -4.15. The predicted octanol–water partition coefficient (Wildman–Crippen LogP) is 3.05. The van der Waals surface area contributed by atoms with Gasteiger partial charge in [-0.15, -0.1) is 0 Å². The molecule has 2 rings (SSSR count). The summed E-state index contributed by atoms with van der Waals surface area (Å²) >= 11 is 0. The fraction of sp³-hybridized carbons (Fsp3) is 0.688. The Bertz CT molecular complexity index is 1310. The monoisotopic (exact) mass is 671 g/mol. The van der Waals surface area contributed by atoms with Crippen molar-refractivity contribution in [2.24, 2.45) is 22.2 Å². The summed E-state index contributed by atoms with van der Waals surface area (Å²) in [6.07, 6.45) is 0.00324. The third kappa shape index (κ3) is 11.3. The van der Waals surface area contributed by atoms with E-state index in [0.29, 0.717) is 6.61 Å². The van der Waals surface area contributed by atoms with Crippen molar-refractivity contribution in [3.63, 3.8) is 0 Å². The number of hydrogen-bond acceptors (Lipinski definition) is 12. The van der Waals surface area contributed by atoms with E-state index in [4.69, 9.17) is 23.1 Å². The Labute approximate surface area is 271 Å². The molecule has 4 unspecified atom stereocenters. The molecule has 260 valence electrons. The Morgan fingerprint density at radius 3 is 2.20 bits per heavy atom. The number of nitrogens with one attached hydrogen (secondary N) is 1. The van der Waals surface area contributed by atoms with E-state index in [-0.39, 0.29) is 62.9 Å². The lowest BCUT2D eigenvalue weighted by atomic mass is 9.66. The van der Waals surface area contributed by atoms with Crippen molar-refractivity contribution in [1.29, 1.82) is 0 Å². The normalized spacial score (nSPS) is 18.0. The molecular formula is C32H49NO12S. The number of epoxide rings is 1. The first-order valence-corrected chi connectivity index (χ1v) is 16.7. The number of carbonyl (C=O) groups is 4. The molecule has 1 aliphatic heterocycles. The molecule has 1 aliphatic rings. The van der Waals surface area contributed by atoms with E-state index in [1.165, 1.54) is 19.2 Å². The van der Waals surface area contributed by atoms with Gasteiger partial charge in [0, 0.05) is 18.4 Å². The molecule has 0 saturated carbocycles. The quantitative estimate of drug-likeness (QED) is 0.0517. The average molecular weight is 672 g/mol. The Kier molecular flexibility index (Phi) is 14.2. The molecule has 1 aromatic carbocycles. The molecule has 1 fully saturated rings. The van der Waals surface area contributed by atoms with Crippen LogP contribution in [0.1, 0.15) is 72.3 Å². The molecule has 1 amide bonds. The van der Waals surface area contributed by atoms with Crippen molar-refractivity contribution in [1.82, 2.24) is 5.32 Å². The molecule has 0 spiro atoms. The Hall–Kier alpha value is -3.07. The number of ether oxygens (including phenoxy) is 4. The van der Waals surface area contributed by atoms with Gasteiger partial charge in [-0.1, -0.05) is 31.5 Å². The summed E-state index contributed by atoms with van der Waals surface area (Å²) in [6, 6.07) is 6.05. The molecule has 2 N–H and O–H groups in total. The van der Waals surface area contributed by atoms with Gasteiger partial charge in [0.25, 0.3) is 10.1 Å². The third-order valence-electron chi connectivity index (χ3n) is 8.24. The lowest BCUT2D eigenvalue weighted by Gasteiger charge is -2.39. The molecule has 13 nitrogen and oxygen atoms in total. The molecule has 14 heteroatoms. The highest BCUT2D eigenvalue weighted by Crippen LogP contribution is 2.44. The lowest BCUT2D eigenvalue weighted by Crippen LogP contribution is -2.46. The predicted molar refractivity (Wildman–Crippen MR) is 165 cm³/mol. The van der Waals surface area contributed by atoms with Crippen LogP contribution < -0.4 is 5.32 Å². The lowest BCUT2D eigenvalue weighted by molar-refractivity contribution is -0.163. The van der Waals surface area contributed by atoms with Crippen molar-refractivity contribution in [2.45, 2.75) is 84.6 Å². The van der Waals surface area contributed by atoms with Crippen LogP contribution in [-0.4, -0.2) is 83.7 Å². The maximum absolute atomic E-state index is 13.6. The first-order chi connectivity index (χ1) is 21.4. The summed E-state index contributed by atoms with van der Waals surface area (Å²) in [4.78, 5) is 53.0. The minimum absolute atomic E-state index is 0.0245. The maximum Gasteiger partial charge on any atom is 0.311 e. The largest absolute Gasteiger partial charge is 0.469 e. The molecule has 1 aromatic rings. The Balaban J connectivity index is 2.27. The molecule has 0 aliphatic carbocycles. The number of carbonyl (C=O) groups excluding carboxylic acids is 4. The Morgan fingerprint density at radius 2 is 1.65 bits per heavy atom. The van der Waals surface area contributed by atoms with Crippen LogP contribution in [0.15, 0.2) is 29.2 Å². The summed E-state index contributed by atoms with van der Waals surface area (Å²) < 4.78 is 51.2. The minimum Gasteiger partial charge on any atom is -0.469 e. The van der Waals surface area contributed by atoms with Crippen LogP contribution in [0, 0.1) is 29.1 Å². The zero-order valence-corrected chi connectivity index (χ0v) is 28.7. The first kappa shape index (κ1) is 39.1. The van der Waals surface area contributed by atoms with E-state index in [1.54, 1.807) is 46.8 Å². The van der Waals surface area contributed by atoms with Gasteiger partial charge in [0.1, 0.15) is 19.4 Å². The van der Waals surface area contributed by atoms with Gasteiger partial charge in [-0.2, -0.15) is 8.42 Å². The number of rotatable bonds is 20. The summed E-state index contributed by atoms with van der Waals surface area (Å²) in [7, 11) is -2.95. The second-order valence-electron chi connectivity index (χ2n) is 13.0. The van der Waals surface area contributed by atoms with Gasteiger partial charge in [-0.3, -0.25) is 19.2 Å². The van der Waals surface area contributed by atoms with E-state index in [2.05, 4.69) is 5.32 Å². The zero-order chi connectivity index (χ0) is 34.8. The number of amides is 1. The van der Waals surface area contributed by atoms with Gasteiger partial charge in [0.2, 0.25) is 5.91 Å². The van der Waals surface area contributed by atoms with Gasteiger partial charge in [-0.05, 0) is 65.5 Å². The zero-order valence-electron chi connectivity index (χ0n) is 27.9. The van der Waals surface area contributed by atoms with Gasteiger partial charge in [0.15, 0.2) is 0 Å². The molecule has 1 saturated heterocycles. The van der Waals surface area contributed by atoms with Crippen LogP contribution in [-0.2, 0) is 52.4 Å². The van der Waals surface area contributed by atoms with Crippen LogP contribution in [0.5, 0.6) is 0 Å². The SMILES string of the molecule is CCC(C)(CC(C)(CC(CC(C)(C)C(=O)OCC1CO1)C(=O)OC)C(=O)OCCCO)C(=O)NCOS(=O)(=O)c1ccc(C)cc1. The van der Waals surface area contributed by atoms with Gasteiger partial charge in [-0.25, -0.2) is 4.18 Å². The smallest absolute Gasteiger partial charge is 0.311 e. The maximum atomic E-state index is 13.6. The van der Waals surface area contributed by atoms with Gasteiger partial charge in [0.05, 0.1) is 42.0 Å². The molecular weight excluding hydrogens is 622 g/mol. The van der Waals surface area contributed by atoms with Crippen LogP contribution >= 0.6 is 0 Å². The van der Waals surface area contributed by atoms with E-state index in [1.807, 2.05) is 6.92 Å². The van der Waals surface area contributed by atoms with Crippen molar-refractivity contribution in [3.05, 3.63) is 29.8 Å². The Morgan fingerprint density at radius 1 is 1.02 bits per heavy atom. The molecule has 46 heavy (non-hydrogen) atoms. The number of aryl methyl sites for hydroxylation is 1. The fourth-order valence-electron chi connectivity index (χ4n) is 5.19. The second-order valence-corrected chi connectivity index (χ2v) is 14.6. The highest BCUT2D eigenvalue weighted by Gasteiger charge is 2.48. The van der Waals surface area contributed by atoms with Crippen LogP contribution in [0.25, 0.3) is 0 Å². The molecule has 0 bridgehead atoms. The first-order valence-electron chi connectivity index (χ1n) is 15.3. The van der Waals surface area contributed by atoms with Crippen LogP contribution in [0.2, 0.25) is 0 Å². The van der Waals surface area contributed by atoms with Crippen LogP contribution in [0.3, 0.4) is 0 Å². The van der Waals surface area contributed by atoms with Crippen molar-refractivity contribution < 1.29 is 55.8 Å². The number of aliphatic hydroxyl groups is 1. The number of benzene rings is 1. The summed E-state index contributed by atoms with van der Waals surface area (Å²) in [5, 5.41) is 11.7. The fourth-order valence-corrected chi connectivity index (χ4v) is 6.01. The summed E-state index contributed by atoms with van der Waals surface area (Å²) in [6.45, 7) is 9.66. The third-order valence-corrected chi connectivity index (χ3v) is 9.51. The number of methoxy groups -OCH3 is 1. The highest BCUT2D eigenvalue weighted by molar-refractivity contribution is 7.86. The second kappa shape index (κ2) is 16.7. The number of esters is 3. The van der Waals surface area contributed by atoms with Crippen molar-refractivity contribution in [2.75, 3.05) is 40.3 Å². The average Bonchev–Trinajstić information content (AvgIpc) is 3.83. The molecule has 0 radical (unpaired) electrons. The van der Waals surface area contributed by atoms with E-state index < -0.39 is 62.8 Å². The van der Waals surface area contributed by atoms with Gasteiger partial charge >= 0.3 is 17.9 Å². The summed E-state index contributed by atoms with van der Waals surface area (Å²) in [5.41, 5.74) is -2.97. The number of aliphatic hydroxyl groups excluding tert-OH is 1. The standard InChI is InChI=1S/C32H49NO12S/c1-8-31(5,27(36)33-21-45-46(39,40)25-12-10-22(2)11-13-25)20-32(6,29(38)42-15-9-14-34)17-23(26(35)41-7)16-30(3,4)28(37)44-19-24-18-43-24/h10-13,23-24,34H,8-9,14-21H2,1-7H3,(H,33,36). The molecule has 1 heterocycles. The van der Waals surface area contributed by atoms with Crippen molar-refractivity contribution >= 4 is 33.9 Å². The highest BCUT2D eigenvalue weighted by atomic mass is 32.2. The summed E-state index contributed by atoms with van der Waals surface area (Å²) in [5.74, 6) is -3.44. The van der Waals surface area contributed by atoms with Gasteiger partial charge < -0.3 is 29.4 Å². The van der Waals surface area contributed by atoms with E-state index in [0.717, 1.165) is 5.56 Å². The number of hydrogen-bond donors (Lipinski definition) is 2. The van der Waals surface area contributed by atoms with E-state index in [9.17, 15) is 32.7 Å². The molecule has 0 aromatic heterocycles. The van der Waals surface area contributed by atoms with E-state index >= 15 is 0 Å². The van der Waals surface area contributed by atoms with Crippen molar-refractivity contribution in [3.8, 4) is 0 Å². The topological polar surface area (TPSA) is 184 Å². The van der Waals surface area contributed by atoms with Crippen LogP contribution in [0.4, 0.5) is 0 Å².